The van der Waals surface area contributed by atoms with E-state index in [-0.39, 0.29) is 5.43 Å². The third-order valence-electron chi connectivity index (χ3n) is 4.81. The quantitative estimate of drug-likeness (QED) is 0.330. The van der Waals surface area contributed by atoms with Crippen molar-refractivity contribution in [3.63, 3.8) is 0 Å². The van der Waals surface area contributed by atoms with Crippen molar-refractivity contribution in [3.8, 4) is 22.8 Å². The van der Waals surface area contributed by atoms with Gasteiger partial charge in [-0.15, -0.1) is 0 Å². The molecule has 0 saturated carbocycles. The zero-order chi connectivity index (χ0) is 21.6. The molecule has 0 N–H and O–H groups in total. The Hall–Kier alpha value is -3.79. The summed E-state index contributed by atoms with van der Waals surface area (Å²) in [5.74, 6) is 1.54. The summed E-state index contributed by atoms with van der Waals surface area (Å²) in [7, 11) is 0. The third-order valence-corrected chi connectivity index (χ3v) is 4.81. The number of fused-ring (bicyclic) bond motifs is 1. The Bertz CT molecular complexity index is 1250. The number of hydrogen-bond acceptors (Lipinski definition) is 4. The second kappa shape index (κ2) is 9.35. The van der Waals surface area contributed by atoms with Gasteiger partial charge in [-0.3, -0.25) is 4.79 Å². The van der Waals surface area contributed by atoms with E-state index in [1.807, 2.05) is 80.6 Å². The van der Waals surface area contributed by atoms with Crippen LogP contribution in [0.5, 0.6) is 11.5 Å². The zero-order valence-electron chi connectivity index (χ0n) is 17.6. The monoisotopic (exact) mass is 412 g/mol. The molecule has 4 nitrogen and oxygen atoms in total. The van der Waals surface area contributed by atoms with E-state index in [1.54, 1.807) is 12.1 Å². The van der Waals surface area contributed by atoms with E-state index >= 15 is 0 Å². The lowest BCUT2D eigenvalue weighted by Crippen LogP contribution is -2.06. The van der Waals surface area contributed by atoms with Gasteiger partial charge in [-0.25, -0.2) is 0 Å². The molecule has 0 aliphatic rings. The fourth-order valence-corrected chi connectivity index (χ4v) is 3.21. The van der Waals surface area contributed by atoms with Crippen molar-refractivity contribution in [1.29, 1.82) is 0 Å². The maximum Gasteiger partial charge on any atom is 0.197 e. The fraction of sp³-hybridized carbons (Fsp3) is 0.148. The van der Waals surface area contributed by atoms with Crippen LogP contribution in [0.25, 0.3) is 22.3 Å². The number of allylic oxidation sites excluding steroid dienone is 1. The smallest absolute Gasteiger partial charge is 0.197 e. The van der Waals surface area contributed by atoms with Gasteiger partial charge in [0.05, 0.1) is 0 Å². The second-order valence-electron chi connectivity index (χ2n) is 7.50. The molecule has 156 valence electrons. The van der Waals surface area contributed by atoms with Gasteiger partial charge in [-0.1, -0.05) is 66.2 Å². The van der Waals surface area contributed by atoms with Gasteiger partial charge in [0.2, 0.25) is 0 Å². The van der Waals surface area contributed by atoms with Gasteiger partial charge < -0.3 is 13.9 Å². The van der Waals surface area contributed by atoms with Crippen LogP contribution in [0.2, 0.25) is 0 Å². The molecule has 0 saturated heterocycles. The average molecular weight is 412 g/mol. The van der Waals surface area contributed by atoms with E-state index in [9.17, 15) is 4.79 Å². The van der Waals surface area contributed by atoms with Crippen LogP contribution in [-0.4, -0.2) is 6.61 Å². The number of rotatable bonds is 7. The molecule has 4 heteroatoms. The van der Waals surface area contributed by atoms with Crippen molar-refractivity contribution >= 4 is 11.0 Å². The molecule has 0 unspecified atom stereocenters. The van der Waals surface area contributed by atoms with Gasteiger partial charge in [0.25, 0.3) is 0 Å². The van der Waals surface area contributed by atoms with Crippen molar-refractivity contribution in [1.82, 2.24) is 0 Å². The highest BCUT2D eigenvalue weighted by molar-refractivity contribution is 5.86. The molecule has 0 aliphatic heterocycles. The van der Waals surface area contributed by atoms with E-state index in [2.05, 4.69) is 0 Å². The molecule has 0 bridgehead atoms. The van der Waals surface area contributed by atoms with Gasteiger partial charge in [0.1, 0.15) is 41.4 Å². The van der Waals surface area contributed by atoms with Gasteiger partial charge >= 0.3 is 0 Å². The van der Waals surface area contributed by atoms with E-state index in [1.165, 1.54) is 6.07 Å². The standard InChI is InChI=1S/C27H24O4/c1-19(2)13-14-29-25-15-22(30-18-20-9-5-3-6-10-20)16-26-27(25)23(28)17-24(31-26)21-11-7-4-8-12-21/h3-13,15-17H,14,18H2,1-2H3. The van der Waals surface area contributed by atoms with Crippen LogP contribution in [-0.2, 0) is 6.61 Å². The Balaban J connectivity index is 1.76. The molecule has 4 rings (SSSR count). The first-order valence-corrected chi connectivity index (χ1v) is 10.2. The van der Waals surface area contributed by atoms with E-state index in [0.29, 0.717) is 41.4 Å². The van der Waals surface area contributed by atoms with E-state index in [0.717, 1.165) is 16.7 Å². The molecule has 4 aromatic rings. The van der Waals surface area contributed by atoms with Crippen LogP contribution < -0.4 is 14.9 Å². The Labute approximate surface area is 181 Å². The Kier molecular flexibility index (Phi) is 6.18. The minimum absolute atomic E-state index is 0.151. The lowest BCUT2D eigenvalue weighted by atomic mass is 10.1. The Morgan fingerprint density at radius 2 is 1.61 bits per heavy atom. The minimum Gasteiger partial charge on any atom is -0.489 e. The predicted molar refractivity (Wildman–Crippen MR) is 124 cm³/mol. The summed E-state index contributed by atoms with van der Waals surface area (Å²) in [5, 5.41) is 0.411. The Morgan fingerprint density at radius 3 is 2.32 bits per heavy atom. The molecule has 0 fully saturated rings. The molecule has 1 heterocycles. The van der Waals surface area contributed by atoms with E-state index in [4.69, 9.17) is 13.9 Å². The lowest BCUT2D eigenvalue weighted by molar-refractivity contribution is 0.302. The lowest BCUT2D eigenvalue weighted by Gasteiger charge is -2.12. The molecule has 31 heavy (non-hydrogen) atoms. The summed E-state index contributed by atoms with van der Waals surface area (Å²) in [5.41, 5.74) is 3.31. The van der Waals surface area contributed by atoms with Crippen molar-refractivity contribution in [2.24, 2.45) is 0 Å². The van der Waals surface area contributed by atoms with Crippen molar-refractivity contribution < 1.29 is 13.9 Å². The summed E-state index contributed by atoms with van der Waals surface area (Å²) in [6, 6.07) is 24.5. The topological polar surface area (TPSA) is 48.7 Å². The van der Waals surface area contributed by atoms with Crippen LogP contribution in [0.3, 0.4) is 0 Å². The summed E-state index contributed by atoms with van der Waals surface area (Å²) in [6.07, 6.45) is 1.96. The normalized spacial score (nSPS) is 10.6. The molecular weight excluding hydrogens is 388 g/mol. The highest BCUT2D eigenvalue weighted by Gasteiger charge is 2.14. The molecule has 0 aliphatic carbocycles. The number of benzene rings is 3. The maximum atomic E-state index is 13.0. The van der Waals surface area contributed by atoms with E-state index < -0.39 is 0 Å². The van der Waals surface area contributed by atoms with Crippen molar-refractivity contribution in [2.45, 2.75) is 20.5 Å². The molecule has 3 aromatic carbocycles. The van der Waals surface area contributed by atoms with Crippen LogP contribution >= 0.6 is 0 Å². The molecule has 0 amide bonds. The van der Waals surface area contributed by atoms with Crippen molar-refractivity contribution in [2.75, 3.05) is 6.61 Å². The minimum atomic E-state index is -0.151. The molecule has 0 spiro atoms. The predicted octanol–water partition coefficient (Wildman–Crippen LogP) is 6.38. The Morgan fingerprint density at radius 1 is 0.903 bits per heavy atom. The highest BCUT2D eigenvalue weighted by atomic mass is 16.5. The van der Waals surface area contributed by atoms with Crippen molar-refractivity contribution in [3.05, 3.63) is 106 Å². The molecular formula is C27H24O4. The summed E-state index contributed by atoms with van der Waals surface area (Å²) in [4.78, 5) is 13.0. The first-order valence-electron chi connectivity index (χ1n) is 10.2. The van der Waals surface area contributed by atoms with Gasteiger partial charge in [-0.05, 0) is 25.5 Å². The molecule has 1 aromatic heterocycles. The van der Waals surface area contributed by atoms with Crippen LogP contribution in [0, 0.1) is 0 Å². The first-order chi connectivity index (χ1) is 15.1. The number of ether oxygens (including phenoxy) is 2. The highest BCUT2D eigenvalue weighted by Crippen LogP contribution is 2.32. The molecule has 0 radical (unpaired) electrons. The SMILES string of the molecule is CC(C)=CCOc1cc(OCc2ccccc2)cc2oc(-c3ccccc3)cc(=O)c12. The largest absolute Gasteiger partial charge is 0.489 e. The average Bonchev–Trinajstić information content (AvgIpc) is 2.78. The first kappa shape index (κ1) is 20.5. The third kappa shape index (κ3) is 5.04. The van der Waals surface area contributed by atoms with Crippen LogP contribution in [0.4, 0.5) is 0 Å². The van der Waals surface area contributed by atoms with Crippen LogP contribution in [0.1, 0.15) is 19.4 Å². The van der Waals surface area contributed by atoms with Crippen LogP contribution in [0.15, 0.2) is 99.7 Å². The zero-order valence-corrected chi connectivity index (χ0v) is 17.6. The molecule has 0 atom stereocenters. The maximum absolute atomic E-state index is 13.0. The van der Waals surface area contributed by atoms with Gasteiger partial charge in [0, 0.05) is 23.8 Å². The second-order valence-corrected chi connectivity index (χ2v) is 7.50. The summed E-state index contributed by atoms with van der Waals surface area (Å²) >= 11 is 0. The fourth-order valence-electron chi connectivity index (χ4n) is 3.21. The number of hydrogen-bond donors (Lipinski definition) is 0. The summed E-state index contributed by atoms with van der Waals surface area (Å²) in [6.45, 7) is 4.77. The summed E-state index contributed by atoms with van der Waals surface area (Å²) < 4.78 is 18.0. The van der Waals surface area contributed by atoms with Gasteiger partial charge in [-0.2, -0.15) is 0 Å². The van der Waals surface area contributed by atoms with Gasteiger partial charge in [0.15, 0.2) is 5.43 Å².